The lowest BCUT2D eigenvalue weighted by atomic mass is 10.6. The highest BCUT2D eigenvalue weighted by molar-refractivity contribution is 8.76. The summed E-state index contributed by atoms with van der Waals surface area (Å²) < 4.78 is 0. The van der Waals surface area contributed by atoms with Crippen LogP contribution in [0, 0.1) is 0 Å². The fraction of sp³-hybridized carbons (Fsp3) is 1.00. The molecule has 6 N–H and O–H groups in total. The van der Waals surface area contributed by atoms with Crippen molar-refractivity contribution in [1.82, 2.24) is 5.32 Å². The summed E-state index contributed by atoms with van der Waals surface area (Å²) in [5.74, 6) is 3.11. The van der Waals surface area contributed by atoms with Gasteiger partial charge in [0, 0.05) is 43.4 Å². The molecular formula is C8H21N3OS3. The molecule has 1 unspecified atom stereocenters. The average molecular weight is 271 g/mol. The van der Waals surface area contributed by atoms with E-state index in [0.29, 0.717) is 0 Å². The SMILES string of the molecule is NCCSSCCN.OC1CNCCS1. The first kappa shape index (κ1) is 15.9. The van der Waals surface area contributed by atoms with E-state index in [2.05, 4.69) is 5.32 Å². The third-order valence-corrected chi connectivity index (χ3v) is 4.86. The van der Waals surface area contributed by atoms with Gasteiger partial charge in [-0.05, 0) is 0 Å². The summed E-state index contributed by atoms with van der Waals surface area (Å²) in [6.45, 7) is 3.33. The van der Waals surface area contributed by atoms with Crippen molar-refractivity contribution in [1.29, 1.82) is 0 Å². The zero-order valence-corrected chi connectivity index (χ0v) is 11.3. The second-order valence-corrected chi connectivity index (χ2v) is 6.74. The maximum atomic E-state index is 8.81. The molecule has 0 aromatic heterocycles. The Morgan fingerprint density at radius 1 is 1.27 bits per heavy atom. The molecule has 1 fully saturated rings. The molecule has 0 bridgehead atoms. The van der Waals surface area contributed by atoms with E-state index < -0.39 is 0 Å². The van der Waals surface area contributed by atoms with Gasteiger partial charge in [-0.15, -0.1) is 11.8 Å². The van der Waals surface area contributed by atoms with Gasteiger partial charge in [0.25, 0.3) is 0 Å². The van der Waals surface area contributed by atoms with E-state index in [9.17, 15) is 0 Å². The summed E-state index contributed by atoms with van der Waals surface area (Å²) in [6, 6.07) is 0. The Bertz CT molecular complexity index is 120. The van der Waals surface area contributed by atoms with Crippen LogP contribution in [0.1, 0.15) is 0 Å². The van der Waals surface area contributed by atoms with Gasteiger partial charge < -0.3 is 21.9 Å². The number of nitrogens with one attached hydrogen (secondary N) is 1. The average Bonchev–Trinajstić information content (AvgIpc) is 2.27. The quantitative estimate of drug-likeness (QED) is 0.411. The molecule has 1 aliphatic rings. The van der Waals surface area contributed by atoms with Crippen LogP contribution in [0.3, 0.4) is 0 Å². The molecule has 7 heteroatoms. The monoisotopic (exact) mass is 271 g/mol. The maximum Gasteiger partial charge on any atom is 0.112 e. The highest BCUT2D eigenvalue weighted by Gasteiger charge is 2.07. The Balaban J connectivity index is 0.000000262. The lowest BCUT2D eigenvalue weighted by Gasteiger charge is -2.16. The molecule has 1 heterocycles. The molecule has 0 amide bonds. The number of aliphatic hydroxyl groups is 1. The van der Waals surface area contributed by atoms with E-state index in [1.165, 1.54) is 0 Å². The fourth-order valence-electron chi connectivity index (χ4n) is 0.766. The van der Waals surface area contributed by atoms with Crippen LogP contribution in [0.25, 0.3) is 0 Å². The predicted octanol–water partition coefficient (Wildman–Crippen LogP) is -0.0736. The summed E-state index contributed by atoms with van der Waals surface area (Å²) in [5.41, 5.74) is 10.3. The Morgan fingerprint density at radius 2 is 1.87 bits per heavy atom. The van der Waals surface area contributed by atoms with E-state index in [1.807, 2.05) is 0 Å². The minimum Gasteiger partial charge on any atom is -0.381 e. The smallest absolute Gasteiger partial charge is 0.112 e. The van der Waals surface area contributed by atoms with Gasteiger partial charge in [-0.1, -0.05) is 21.6 Å². The number of rotatable bonds is 5. The van der Waals surface area contributed by atoms with Gasteiger partial charge in [-0.2, -0.15) is 0 Å². The van der Waals surface area contributed by atoms with Crippen molar-refractivity contribution in [3.8, 4) is 0 Å². The number of β-amino-alcohol motifs (C(OH)–C–C–N with tert-alkyl or cyclic N) is 1. The van der Waals surface area contributed by atoms with E-state index in [0.717, 1.165) is 43.4 Å². The van der Waals surface area contributed by atoms with Crippen molar-refractivity contribution in [3.63, 3.8) is 0 Å². The number of nitrogens with two attached hydrogens (primary N) is 2. The predicted molar refractivity (Wildman–Crippen MR) is 74.4 cm³/mol. The van der Waals surface area contributed by atoms with E-state index in [1.54, 1.807) is 33.3 Å². The molecule has 0 radical (unpaired) electrons. The van der Waals surface area contributed by atoms with Gasteiger partial charge in [-0.3, -0.25) is 0 Å². The molecule has 0 aromatic carbocycles. The standard InChI is InChI=1S/C4H12N2S2.C4H9NOS/c5-1-3-7-8-4-2-6;6-4-3-5-1-2-7-4/h1-6H2;4-6H,1-3H2. The van der Waals surface area contributed by atoms with Crippen LogP contribution in [0.2, 0.25) is 0 Å². The largest absolute Gasteiger partial charge is 0.381 e. The van der Waals surface area contributed by atoms with E-state index in [4.69, 9.17) is 16.6 Å². The third-order valence-electron chi connectivity index (χ3n) is 1.39. The van der Waals surface area contributed by atoms with Gasteiger partial charge in [0.1, 0.15) is 5.44 Å². The molecule has 0 aliphatic carbocycles. The van der Waals surface area contributed by atoms with Crippen LogP contribution in [-0.4, -0.2) is 54.0 Å². The molecule has 0 spiro atoms. The minimum atomic E-state index is -0.159. The minimum absolute atomic E-state index is 0.159. The highest BCUT2D eigenvalue weighted by Crippen LogP contribution is 2.18. The lowest BCUT2D eigenvalue weighted by molar-refractivity contribution is 0.254. The summed E-state index contributed by atoms with van der Waals surface area (Å²) >= 11 is 1.61. The van der Waals surface area contributed by atoms with Crippen molar-refractivity contribution in [2.24, 2.45) is 11.5 Å². The molecule has 15 heavy (non-hydrogen) atoms. The Morgan fingerprint density at radius 3 is 2.13 bits per heavy atom. The molecule has 1 aliphatic heterocycles. The molecule has 1 rings (SSSR count). The first-order valence-electron chi connectivity index (χ1n) is 4.96. The summed E-state index contributed by atoms with van der Waals surface area (Å²) in [7, 11) is 3.58. The van der Waals surface area contributed by atoms with Crippen molar-refractivity contribution < 1.29 is 5.11 Å². The molecule has 1 atom stereocenters. The number of thioether (sulfide) groups is 1. The van der Waals surface area contributed by atoms with Gasteiger partial charge in [0.2, 0.25) is 0 Å². The zero-order chi connectivity index (χ0) is 11.4. The van der Waals surface area contributed by atoms with Crippen molar-refractivity contribution in [2.45, 2.75) is 5.44 Å². The van der Waals surface area contributed by atoms with E-state index >= 15 is 0 Å². The molecule has 1 saturated heterocycles. The van der Waals surface area contributed by atoms with Crippen LogP contribution in [0.15, 0.2) is 0 Å². The zero-order valence-electron chi connectivity index (χ0n) is 8.85. The molecule has 92 valence electrons. The van der Waals surface area contributed by atoms with Crippen molar-refractivity contribution in [2.75, 3.05) is 43.4 Å². The van der Waals surface area contributed by atoms with Gasteiger partial charge in [0.05, 0.1) is 0 Å². The topological polar surface area (TPSA) is 84.3 Å². The van der Waals surface area contributed by atoms with Crippen molar-refractivity contribution in [3.05, 3.63) is 0 Å². The lowest BCUT2D eigenvalue weighted by Crippen LogP contribution is -2.32. The Hall–Kier alpha value is 0.890. The van der Waals surface area contributed by atoms with Crippen molar-refractivity contribution >= 4 is 33.3 Å². The summed E-state index contributed by atoms with van der Waals surface area (Å²) in [6.07, 6.45) is 0. The van der Waals surface area contributed by atoms with Gasteiger partial charge in [-0.25, -0.2) is 0 Å². The van der Waals surface area contributed by atoms with Crippen LogP contribution in [0.5, 0.6) is 0 Å². The molecular weight excluding hydrogens is 250 g/mol. The maximum absolute atomic E-state index is 8.81. The second-order valence-electron chi connectivity index (χ2n) is 2.75. The number of hydrogen-bond donors (Lipinski definition) is 4. The highest BCUT2D eigenvalue weighted by atomic mass is 33.1. The third kappa shape index (κ3) is 12.8. The number of hydrogen-bond acceptors (Lipinski definition) is 7. The van der Waals surface area contributed by atoms with Gasteiger partial charge >= 0.3 is 0 Å². The molecule has 0 aromatic rings. The van der Waals surface area contributed by atoms with Crippen LogP contribution in [0.4, 0.5) is 0 Å². The number of aliphatic hydroxyl groups excluding tert-OH is 1. The fourth-order valence-corrected chi connectivity index (χ4v) is 3.25. The molecule has 4 nitrogen and oxygen atoms in total. The first-order valence-corrected chi connectivity index (χ1v) is 8.50. The second kappa shape index (κ2) is 13.0. The van der Waals surface area contributed by atoms with Crippen LogP contribution < -0.4 is 16.8 Å². The van der Waals surface area contributed by atoms with E-state index in [-0.39, 0.29) is 5.44 Å². The van der Waals surface area contributed by atoms with Gasteiger partial charge in [0.15, 0.2) is 0 Å². The normalized spacial score (nSPS) is 20.6. The Labute approximate surface area is 104 Å². The summed E-state index contributed by atoms with van der Waals surface area (Å²) in [5, 5.41) is 11.9. The van der Waals surface area contributed by atoms with Crippen LogP contribution >= 0.6 is 33.3 Å². The molecule has 0 saturated carbocycles. The van der Waals surface area contributed by atoms with Crippen LogP contribution in [-0.2, 0) is 0 Å². The summed E-state index contributed by atoms with van der Waals surface area (Å²) in [4.78, 5) is 0. The Kier molecular flexibility index (Phi) is 13.7. The first-order chi connectivity index (χ1) is 7.31.